The second kappa shape index (κ2) is 8.64. The van der Waals surface area contributed by atoms with Crippen LogP contribution in [0.4, 0.5) is 0 Å². The van der Waals surface area contributed by atoms with Crippen molar-refractivity contribution >= 4 is 10.9 Å². The van der Waals surface area contributed by atoms with Crippen LogP contribution in [0.1, 0.15) is 75.2 Å². The first-order chi connectivity index (χ1) is 15.5. The second-order valence-electron chi connectivity index (χ2n) is 10.3. The third kappa shape index (κ3) is 3.78. The van der Waals surface area contributed by atoms with E-state index >= 15 is 0 Å². The Morgan fingerprint density at radius 1 is 1.12 bits per heavy atom. The highest BCUT2D eigenvalue weighted by atomic mass is 16.3. The lowest BCUT2D eigenvalue weighted by atomic mass is 9.72. The highest BCUT2D eigenvalue weighted by Crippen LogP contribution is 2.46. The van der Waals surface area contributed by atoms with Crippen molar-refractivity contribution in [2.45, 2.75) is 77.5 Å². The largest absolute Gasteiger partial charge is 0.393 e. The summed E-state index contributed by atoms with van der Waals surface area (Å²) in [6.07, 6.45) is 5.70. The van der Waals surface area contributed by atoms with E-state index in [-0.39, 0.29) is 11.5 Å². The standard InChI is InChI=1S/C28H37N3O/c1-4-26-24-15-14-22(16-27(24)31(29-26)23-12-8-9-13-23)25-18-30(19-28(25,3)20(2)32)17-21-10-6-5-7-11-21/h5-7,10-11,14-16,20,23,25,32H,4,8-9,12-13,17-19H2,1-3H3. The van der Waals surface area contributed by atoms with Crippen molar-refractivity contribution in [2.75, 3.05) is 13.1 Å². The van der Waals surface area contributed by atoms with Crippen LogP contribution < -0.4 is 0 Å². The molecule has 2 aromatic carbocycles. The molecule has 2 heterocycles. The van der Waals surface area contributed by atoms with Crippen LogP contribution in [0.5, 0.6) is 0 Å². The van der Waals surface area contributed by atoms with Crippen molar-refractivity contribution in [3.05, 3.63) is 65.4 Å². The van der Waals surface area contributed by atoms with Gasteiger partial charge in [0.2, 0.25) is 0 Å². The first kappa shape index (κ1) is 21.7. The van der Waals surface area contributed by atoms with Gasteiger partial charge in [-0.15, -0.1) is 0 Å². The Bertz CT molecular complexity index is 1070. The second-order valence-corrected chi connectivity index (χ2v) is 10.3. The summed E-state index contributed by atoms with van der Waals surface area (Å²) in [6.45, 7) is 9.25. The van der Waals surface area contributed by atoms with E-state index in [2.05, 4.69) is 72.0 Å². The van der Waals surface area contributed by atoms with Gasteiger partial charge in [-0.1, -0.05) is 69.2 Å². The molecule has 0 radical (unpaired) electrons. The molecular weight excluding hydrogens is 394 g/mol. The summed E-state index contributed by atoms with van der Waals surface area (Å²) in [5.41, 5.74) is 5.02. The molecule has 170 valence electrons. The lowest BCUT2D eigenvalue weighted by Gasteiger charge is -2.34. The fourth-order valence-electron chi connectivity index (χ4n) is 6.12. The summed E-state index contributed by atoms with van der Waals surface area (Å²) in [6, 6.07) is 18.2. The van der Waals surface area contributed by atoms with Crippen LogP contribution in [0.25, 0.3) is 10.9 Å². The molecule has 3 atom stereocenters. The van der Waals surface area contributed by atoms with E-state index in [4.69, 9.17) is 5.10 Å². The Morgan fingerprint density at radius 3 is 2.56 bits per heavy atom. The topological polar surface area (TPSA) is 41.3 Å². The van der Waals surface area contributed by atoms with Crippen LogP contribution in [0.15, 0.2) is 48.5 Å². The van der Waals surface area contributed by atoms with E-state index in [1.54, 1.807) is 0 Å². The minimum Gasteiger partial charge on any atom is -0.393 e. The van der Waals surface area contributed by atoms with E-state index < -0.39 is 0 Å². The van der Waals surface area contributed by atoms with Crippen molar-refractivity contribution in [3.8, 4) is 0 Å². The van der Waals surface area contributed by atoms with Crippen molar-refractivity contribution in [1.82, 2.24) is 14.7 Å². The molecule has 1 saturated carbocycles. The maximum Gasteiger partial charge on any atom is 0.0700 e. The van der Waals surface area contributed by atoms with Crippen molar-refractivity contribution < 1.29 is 5.11 Å². The zero-order chi connectivity index (χ0) is 22.3. The van der Waals surface area contributed by atoms with E-state index in [1.807, 2.05) is 6.92 Å². The summed E-state index contributed by atoms with van der Waals surface area (Å²) in [4.78, 5) is 2.52. The Labute approximate surface area is 192 Å². The van der Waals surface area contributed by atoms with E-state index in [1.165, 1.54) is 53.4 Å². The SMILES string of the molecule is CCc1nn(C2CCCC2)c2cc(C3CN(Cc4ccccc4)CC3(C)C(C)O)ccc12. The van der Waals surface area contributed by atoms with Gasteiger partial charge in [-0.25, -0.2) is 0 Å². The van der Waals surface area contributed by atoms with Crippen molar-refractivity contribution in [1.29, 1.82) is 0 Å². The summed E-state index contributed by atoms with van der Waals surface area (Å²) in [5, 5.41) is 17.2. The van der Waals surface area contributed by atoms with Crippen LogP contribution in [-0.2, 0) is 13.0 Å². The number of benzene rings is 2. The molecule has 4 nitrogen and oxygen atoms in total. The minimum atomic E-state index is -0.366. The van der Waals surface area contributed by atoms with Gasteiger partial charge >= 0.3 is 0 Å². The van der Waals surface area contributed by atoms with Gasteiger partial charge in [0.25, 0.3) is 0 Å². The van der Waals surface area contributed by atoms with Gasteiger partial charge in [0.15, 0.2) is 0 Å². The number of rotatable bonds is 6. The molecule has 2 fully saturated rings. The Hall–Kier alpha value is -2.17. The van der Waals surface area contributed by atoms with Gasteiger partial charge in [-0.3, -0.25) is 9.58 Å². The van der Waals surface area contributed by atoms with Gasteiger partial charge in [-0.05, 0) is 43.4 Å². The summed E-state index contributed by atoms with van der Waals surface area (Å²) < 4.78 is 2.33. The van der Waals surface area contributed by atoms with Crippen LogP contribution in [-0.4, -0.2) is 39.0 Å². The van der Waals surface area contributed by atoms with Gasteiger partial charge in [0.05, 0.1) is 23.4 Å². The predicted octanol–water partition coefficient (Wildman–Crippen LogP) is 5.70. The van der Waals surface area contributed by atoms with Crippen LogP contribution in [0.3, 0.4) is 0 Å². The quantitative estimate of drug-likeness (QED) is 0.544. The van der Waals surface area contributed by atoms with Gasteiger partial charge in [0.1, 0.15) is 0 Å². The van der Waals surface area contributed by atoms with E-state index in [9.17, 15) is 5.11 Å². The van der Waals surface area contributed by atoms with E-state index in [0.717, 1.165) is 26.1 Å². The van der Waals surface area contributed by atoms with Crippen LogP contribution in [0.2, 0.25) is 0 Å². The molecule has 1 aliphatic carbocycles. The zero-order valence-electron chi connectivity index (χ0n) is 19.8. The molecule has 5 rings (SSSR count). The molecule has 32 heavy (non-hydrogen) atoms. The molecule has 1 N–H and O–H groups in total. The number of hydrogen-bond donors (Lipinski definition) is 1. The molecule has 0 bridgehead atoms. The Balaban J connectivity index is 1.51. The lowest BCUT2D eigenvalue weighted by molar-refractivity contribution is 0.0475. The molecular formula is C28H37N3O. The summed E-state index contributed by atoms with van der Waals surface area (Å²) in [5.74, 6) is 0.299. The van der Waals surface area contributed by atoms with Crippen molar-refractivity contribution in [2.24, 2.45) is 5.41 Å². The monoisotopic (exact) mass is 431 g/mol. The third-order valence-electron chi connectivity index (χ3n) is 8.22. The van der Waals surface area contributed by atoms with Crippen LogP contribution in [0, 0.1) is 5.41 Å². The maximum atomic E-state index is 10.9. The third-order valence-corrected chi connectivity index (χ3v) is 8.22. The Morgan fingerprint density at radius 2 is 1.88 bits per heavy atom. The summed E-state index contributed by atoms with van der Waals surface area (Å²) in [7, 11) is 0. The Kier molecular flexibility index (Phi) is 5.85. The molecule has 1 saturated heterocycles. The van der Waals surface area contributed by atoms with Crippen LogP contribution >= 0.6 is 0 Å². The van der Waals surface area contributed by atoms with Gasteiger partial charge in [-0.2, -0.15) is 5.10 Å². The maximum absolute atomic E-state index is 10.9. The number of hydrogen-bond acceptors (Lipinski definition) is 3. The number of fused-ring (bicyclic) bond motifs is 1. The first-order valence-electron chi connectivity index (χ1n) is 12.4. The summed E-state index contributed by atoms with van der Waals surface area (Å²) >= 11 is 0. The number of nitrogens with zero attached hydrogens (tertiary/aromatic N) is 3. The normalized spacial score (nSPS) is 25.7. The minimum absolute atomic E-state index is 0.172. The highest BCUT2D eigenvalue weighted by molar-refractivity contribution is 5.83. The number of likely N-dealkylation sites (tertiary alicyclic amines) is 1. The molecule has 2 aliphatic rings. The van der Waals surface area contributed by atoms with Gasteiger partial charge in [0, 0.05) is 36.4 Å². The van der Waals surface area contributed by atoms with Crippen molar-refractivity contribution in [3.63, 3.8) is 0 Å². The zero-order valence-corrected chi connectivity index (χ0v) is 19.8. The number of aliphatic hydroxyl groups excluding tert-OH is 1. The fraction of sp³-hybridized carbons (Fsp3) is 0.536. The molecule has 4 heteroatoms. The first-order valence-corrected chi connectivity index (χ1v) is 12.4. The fourth-order valence-corrected chi connectivity index (χ4v) is 6.12. The molecule has 1 aliphatic heterocycles. The average Bonchev–Trinajstić information content (AvgIpc) is 3.52. The number of aliphatic hydroxyl groups is 1. The molecule has 3 unspecified atom stereocenters. The lowest BCUT2D eigenvalue weighted by Crippen LogP contribution is -2.37. The molecule has 0 amide bonds. The number of aryl methyl sites for hydroxylation is 1. The average molecular weight is 432 g/mol. The van der Waals surface area contributed by atoms with E-state index in [0.29, 0.717) is 12.0 Å². The molecule has 3 aromatic rings. The van der Waals surface area contributed by atoms with Gasteiger partial charge < -0.3 is 5.11 Å². The molecule has 1 aromatic heterocycles. The highest BCUT2D eigenvalue weighted by Gasteiger charge is 2.46. The number of aromatic nitrogens is 2. The smallest absolute Gasteiger partial charge is 0.0700 e. The molecule has 0 spiro atoms. The predicted molar refractivity (Wildman–Crippen MR) is 131 cm³/mol.